The molecular weight excluding hydrogens is 163 g/mol. The number of aliphatic carboxylic acids is 1. The Balaban J connectivity index is -0.000000405. The summed E-state index contributed by atoms with van der Waals surface area (Å²) >= 11 is 0. The van der Waals surface area contributed by atoms with Crippen LogP contribution in [0.4, 0.5) is 4.70 Å². The molecule has 0 heterocycles. The number of hydrogen-bond donors (Lipinski definition) is 3. The summed E-state index contributed by atoms with van der Waals surface area (Å²) in [6.07, 6.45) is 2.16. The molecule has 4 nitrogen and oxygen atoms in total. The molecule has 12 heavy (non-hydrogen) atoms. The van der Waals surface area contributed by atoms with Crippen LogP contribution in [0.15, 0.2) is 0 Å². The first kappa shape index (κ1) is 17.4. The predicted molar refractivity (Wildman–Crippen MR) is 47.8 cm³/mol. The zero-order valence-corrected chi connectivity index (χ0v) is 6.32. The molecule has 0 spiro atoms. The number of nitrogens with two attached hydrogens (primary N) is 2. The van der Waals surface area contributed by atoms with Crippen LogP contribution in [0.5, 0.6) is 0 Å². The Morgan fingerprint density at radius 2 is 1.92 bits per heavy atom. The Morgan fingerprint density at radius 3 is 2.25 bits per heavy atom. The Morgan fingerprint density at radius 1 is 1.42 bits per heavy atom. The topological polar surface area (TPSA) is 89.3 Å². The third-order valence-electron chi connectivity index (χ3n) is 1.29. The van der Waals surface area contributed by atoms with E-state index in [-0.39, 0.29) is 12.1 Å². The maximum absolute atomic E-state index is 10.1. The van der Waals surface area contributed by atoms with Gasteiger partial charge in [-0.25, -0.2) is 0 Å². The summed E-state index contributed by atoms with van der Waals surface area (Å²) in [6.45, 7) is 0.604. The van der Waals surface area contributed by atoms with Crippen molar-refractivity contribution in [2.75, 3.05) is 6.54 Å². The van der Waals surface area contributed by atoms with Gasteiger partial charge in [-0.1, -0.05) is 13.8 Å². The molecule has 0 aliphatic heterocycles. The molecule has 0 rings (SSSR count). The minimum atomic E-state index is -0.933. The summed E-state index contributed by atoms with van der Waals surface area (Å²) in [5, 5.41) is 8.33. The lowest BCUT2D eigenvalue weighted by atomic mass is 10.1. The van der Waals surface area contributed by atoms with Gasteiger partial charge in [0, 0.05) is 0 Å². The molecular formula is C7H19FN2O2. The second kappa shape index (κ2) is 10.3. The van der Waals surface area contributed by atoms with Gasteiger partial charge in [0.25, 0.3) is 0 Å². The fourth-order valence-corrected chi connectivity index (χ4v) is 0.632. The molecule has 76 valence electrons. The van der Waals surface area contributed by atoms with Crippen molar-refractivity contribution in [3.05, 3.63) is 0 Å². The number of carboxylic acid groups (broad SMARTS) is 1. The van der Waals surface area contributed by atoms with Crippen LogP contribution in [-0.4, -0.2) is 23.7 Å². The molecule has 0 aromatic heterocycles. The van der Waals surface area contributed by atoms with Crippen molar-refractivity contribution in [1.82, 2.24) is 0 Å². The van der Waals surface area contributed by atoms with Gasteiger partial charge in [0.1, 0.15) is 6.04 Å². The second-order valence-electron chi connectivity index (χ2n) is 2.23. The van der Waals surface area contributed by atoms with E-state index in [1.54, 1.807) is 0 Å². The van der Waals surface area contributed by atoms with E-state index in [9.17, 15) is 4.79 Å². The Labute approximate surface area is 72.3 Å². The molecule has 0 radical (unpaired) electrons. The summed E-state index contributed by atoms with van der Waals surface area (Å²) < 4.78 is 0. The minimum Gasteiger partial charge on any atom is -0.480 e. The second-order valence-corrected chi connectivity index (χ2v) is 2.23. The molecule has 0 fully saturated rings. The van der Waals surface area contributed by atoms with Crippen LogP contribution in [0, 0.1) is 0 Å². The first-order valence-corrected chi connectivity index (χ1v) is 3.37. The summed E-state index contributed by atoms with van der Waals surface area (Å²) in [5.74, 6) is -0.933. The summed E-state index contributed by atoms with van der Waals surface area (Å²) in [7, 11) is 0. The number of unbranched alkanes of at least 4 members (excludes halogenated alkanes) is 1. The highest BCUT2D eigenvalue weighted by Crippen LogP contribution is 1.96. The van der Waals surface area contributed by atoms with Gasteiger partial charge < -0.3 is 16.6 Å². The first-order valence-electron chi connectivity index (χ1n) is 3.37. The summed E-state index contributed by atoms with van der Waals surface area (Å²) in [5.41, 5.74) is 10.4. The number of rotatable bonds is 5. The van der Waals surface area contributed by atoms with Gasteiger partial charge in [0.2, 0.25) is 0 Å². The van der Waals surface area contributed by atoms with Crippen LogP contribution in [-0.2, 0) is 4.79 Å². The van der Waals surface area contributed by atoms with E-state index in [0.29, 0.717) is 13.0 Å². The lowest BCUT2D eigenvalue weighted by molar-refractivity contribution is -0.138. The number of carbonyl (C=O) groups is 1. The largest absolute Gasteiger partial charge is 0.480 e. The molecule has 5 heteroatoms. The first-order chi connectivity index (χ1) is 4.68. The molecule has 1 atom stereocenters. The quantitative estimate of drug-likeness (QED) is 0.534. The number of carboxylic acids is 1. The van der Waals surface area contributed by atoms with E-state index in [4.69, 9.17) is 16.6 Å². The molecule has 0 saturated carbocycles. The van der Waals surface area contributed by atoms with Gasteiger partial charge in [-0.2, -0.15) is 0 Å². The van der Waals surface area contributed by atoms with Crippen molar-refractivity contribution in [3.8, 4) is 0 Å². The molecule has 5 N–H and O–H groups in total. The van der Waals surface area contributed by atoms with Gasteiger partial charge in [-0.05, 0) is 19.4 Å². The Bertz CT molecular complexity index is 112. The lowest BCUT2D eigenvalue weighted by Crippen LogP contribution is -2.29. The summed E-state index contributed by atoms with van der Waals surface area (Å²) in [6, 6.07) is -0.716. The lowest BCUT2D eigenvalue weighted by Gasteiger charge is -2.03. The zero-order valence-electron chi connectivity index (χ0n) is 6.32. The standard InChI is InChI=1S/C6H14N2O2.CH4.FH/c7-4-2-1-3-5(8)6(9)10;;/h5H,1-4,7-8H2,(H,9,10);1H4;1H. The number of halogens is 1. The number of hydrogen-bond acceptors (Lipinski definition) is 3. The third-order valence-corrected chi connectivity index (χ3v) is 1.29. The van der Waals surface area contributed by atoms with Crippen molar-refractivity contribution < 1.29 is 14.6 Å². The zero-order chi connectivity index (χ0) is 7.98. The van der Waals surface area contributed by atoms with E-state index >= 15 is 0 Å². The smallest absolute Gasteiger partial charge is 0.320 e. The van der Waals surface area contributed by atoms with E-state index in [1.807, 2.05) is 0 Å². The maximum Gasteiger partial charge on any atom is 0.320 e. The molecule has 1 unspecified atom stereocenters. The SMILES string of the molecule is C.F.NCCCCC(N)C(=O)O. The van der Waals surface area contributed by atoms with Crippen molar-refractivity contribution in [2.45, 2.75) is 32.7 Å². The van der Waals surface area contributed by atoms with Crippen LogP contribution in [0.25, 0.3) is 0 Å². The maximum atomic E-state index is 10.1. The predicted octanol–water partition coefficient (Wildman–Crippen LogP) is 0.316. The Hall–Kier alpha value is -0.680. The molecule has 0 aliphatic rings. The van der Waals surface area contributed by atoms with Gasteiger partial charge >= 0.3 is 5.97 Å². The average molecular weight is 182 g/mol. The van der Waals surface area contributed by atoms with Crippen LogP contribution in [0.1, 0.15) is 26.7 Å². The van der Waals surface area contributed by atoms with Crippen LogP contribution < -0.4 is 11.5 Å². The highest BCUT2D eigenvalue weighted by atomic mass is 19.0. The van der Waals surface area contributed by atoms with Gasteiger partial charge in [0.05, 0.1) is 0 Å². The van der Waals surface area contributed by atoms with Gasteiger partial charge in [-0.3, -0.25) is 9.50 Å². The molecule has 0 bridgehead atoms. The minimum absolute atomic E-state index is 0. The van der Waals surface area contributed by atoms with Crippen molar-refractivity contribution in [1.29, 1.82) is 0 Å². The highest BCUT2D eigenvalue weighted by molar-refractivity contribution is 5.72. The van der Waals surface area contributed by atoms with Gasteiger partial charge in [0.15, 0.2) is 0 Å². The van der Waals surface area contributed by atoms with Crippen molar-refractivity contribution >= 4 is 5.97 Å². The Kier molecular flexibility index (Phi) is 15.0. The normalized spacial score (nSPS) is 10.8. The van der Waals surface area contributed by atoms with Crippen LogP contribution in [0.2, 0.25) is 0 Å². The molecule has 0 amide bonds. The van der Waals surface area contributed by atoms with Gasteiger partial charge in [-0.15, -0.1) is 0 Å². The van der Waals surface area contributed by atoms with E-state index in [0.717, 1.165) is 12.8 Å². The van der Waals surface area contributed by atoms with Crippen LogP contribution in [0.3, 0.4) is 0 Å². The molecule has 0 saturated heterocycles. The molecule has 0 aliphatic carbocycles. The highest BCUT2D eigenvalue weighted by Gasteiger charge is 2.09. The molecule has 0 aromatic rings. The average Bonchev–Trinajstić information content (AvgIpc) is 1.88. The van der Waals surface area contributed by atoms with E-state index in [2.05, 4.69) is 0 Å². The fourth-order valence-electron chi connectivity index (χ4n) is 0.632. The van der Waals surface area contributed by atoms with Crippen molar-refractivity contribution in [3.63, 3.8) is 0 Å². The molecule has 0 aromatic carbocycles. The van der Waals surface area contributed by atoms with Crippen LogP contribution >= 0.6 is 0 Å². The monoisotopic (exact) mass is 182 g/mol. The van der Waals surface area contributed by atoms with Crippen molar-refractivity contribution in [2.24, 2.45) is 11.5 Å². The van der Waals surface area contributed by atoms with E-state index < -0.39 is 12.0 Å². The fraction of sp³-hybridized carbons (Fsp3) is 0.857. The third kappa shape index (κ3) is 9.32. The summed E-state index contributed by atoms with van der Waals surface area (Å²) in [4.78, 5) is 10.1. The van der Waals surface area contributed by atoms with E-state index in [1.165, 1.54) is 0 Å².